The van der Waals surface area contributed by atoms with Gasteiger partial charge >= 0.3 is 5.97 Å². The standard InChI is InChI=1S/C17H18N6O2/c18-9-12-10-20-17(22-14-3-1-2-8-19-14)23-15(12)21-13-6-4-11(5-7-13)16(24)25/h1-3,8,10-11,13H,4-7H2,(H,24,25)(H2,19,20,21,22,23). The molecule has 1 aliphatic rings. The summed E-state index contributed by atoms with van der Waals surface area (Å²) in [6.45, 7) is 0. The zero-order valence-corrected chi connectivity index (χ0v) is 13.5. The lowest BCUT2D eigenvalue weighted by Crippen LogP contribution is -2.30. The number of nitriles is 1. The number of carboxylic acids is 1. The van der Waals surface area contributed by atoms with Crippen LogP contribution in [-0.2, 0) is 4.79 Å². The Morgan fingerprint density at radius 2 is 2.04 bits per heavy atom. The van der Waals surface area contributed by atoms with Crippen LogP contribution in [0.25, 0.3) is 0 Å². The monoisotopic (exact) mass is 338 g/mol. The minimum atomic E-state index is -0.736. The molecule has 1 saturated carbocycles. The average molecular weight is 338 g/mol. The van der Waals surface area contributed by atoms with E-state index >= 15 is 0 Å². The van der Waals surface area contributed by atoms with Crippen molar-refractivity contribution in [2.75, 3.05) is 10.6 Å². The second-order valence-electron chi connectivity index (χ2n) is 5.94. The molecule has 0 aliphatic heterocycles. The minimum absolute atomic E-state index is 0.0975. The SMILES string of the molecule is N#Cc1cnc(Nc2ccccn2)nc1NC1CCC(C(=O)O)CC1. The van der Waals surface area contributed by atoms with E-state index in [2.05, 4.69) is 31.7 Å². The molecular formula is C17H18N6O2. The molecule has 0 spiro atoms. The average Bonchev–Trinajstić information content (AvgIpc) is 2.63. The van der Waals surface area contributed by atoms with Crippen molar-refractivity contribution in [1.82, 2.24) is 15.0 Å². The Hall–Kier alpha value is -3.21. The van der Waals surface area contributed by atoms with Crippen LogP contribution in [0.5, 0.6) is 0 Å². The minimum Gasteiger partial charge on any atom is -0.481 e. The van der Waals surface area contributed by atoms with Crippen LogP contribution in [0.2, 0.25) is 0 Å². The fraction of sp³-hybridized carbons (Fsp3) is 0.353. The van der Waals surface area contributed by atoms with Gasteiger partial charge in [0.15, 0.2) is 0 Å². The third-order valence-corrected chi connectivity index (χ3v) is 4.23. The zero-order valence-electron chi connectivity index (χ0n) is 13.5. The van der Waals surface area contributed by atoms with Crippen molar-refractivity contribution < 1.29 is 9.90 Å². The topological polar surface area (TPSA) is 124 Å². The maximum atomic E-state index is 11.0. The highest BCUT2D eigenvalue weighted by molar-refractivity contribution is 5.70. The summed E-state index contributed by atoms with van der Waals surface area (Å²) in [7, 11) is 0. The normalized spacial score (nSPS) is 19.6. The van der Waals surface area contributed by atoms with Crippen LogP contribution in [0, 0.1) is 17.2 Å². The van der Waals surface area contributed by atoms with Crippen molar-refractivity contribution in [1.29, 1.82) is 5.26 Å². The summed E-state index contributed by atoms with van der Waals surface area (Å²) in [5, 5.41) is 24.6. The fourth-order valence-electron chi connectivity index (χ4n) is 2.86. The van der Waals surface area contributed by atoms with Crippen LogP contribution in [-0.4, -0.2) is 32.1 Å². The molecule has 1 fully saturated rings. The van der Waals surface area contributed by atoms with E-state index in [4.69, 9.17) is 5.11 Å². The van der Waals surface area contributed by atoms with Gasteiger partial charge in [-0.1, -0.05) is 6.07 Å². The number of rotatable bonds is 5. The van der Waals surface area contributed by atoms with Gasteiger partial charge in [-0.3, -0.25) is 4.79 Å². The highest BCUT2D eigenvalue weighted by Gasteiger charge is 2.26. The van der Waals surface area contributed by atoms with Crippen molar-refractivity contribution in [2.45, 2.75) is 31.7 Å². The Balaban J connectivity index is 1.71. The van der Waals surface area contributed by atoms with Gasteiger partial charge in [-0.25, -0.2) is 9.97 Å². The molecule has 0 unspecified atom stereocenters. The number of anilines is 3. The molecule has 1 aliphatic carbocycles. The van der Waals surface area contributed by atoms with Gasteiger partial charge in [0, 0.05) is 12.2 Å². The van der Waals surface area contributed by atoms with Gasteiger partial charge in [0.05, 0.1) is 12.1 Å². The van der Waals surface area contributed by atoms with Gasteiger partial charge in [-0.05, 0) is 37.8 Å². The Morgan fingerprint density at radius 1 is 1.24 bits per heavy atom. The first-order valence-corrected chi connectivity index (χ1v) is 8.10. The highest BCUT2D eigenvalue weighted by Crippen LogP contribution is 2.27. The molecule has 0 atom stereocenters. The number of hydrogen-bond acceptors (Lipinski definition) is 7. The number of nitrogens with one attached hydrogen (secondary N) is 2. The summed E-state index contributed by atoms with van der Waals surface area (Å²) >= 11 is 0. The molecule has 2 heterocycles. The van der Waals surface area contributed by atoms with E-state index in [-0.39, 0.29) is 12.0 Å². The predicted molar refractivity (Wildman–Crippen MR) is 91.3 cm³/mol. The lowest BCUT2D eigenvalue weighted by molar-refractivity contribution is -0.142. The molecule has 25 heavy (non-hydrogen) atoms. The molecule has 0 saturated heterocycles. The molecule has 0 bridgehead atoms. The van der Waals surface area contributed by atoms with E-state index in [0.29, 0.717) is 36.0 Å². The molecule has 0 radical (unpaired) electrons. The van der Waals surface area contributed by atoms with Gasteiger partial charge < -0.3 is 15.7 Å². The first-order valence-electron chi connectivity index (χ1n) is 8.10. The molecule has 0 aromatic carbocycles. The van der Waals surface area contributed by atoms with Gasteiger partial charge in [-0.15, -0.1) is 0 Å². The lowest BCUT2D eigenvalue weighted by atomic mass is 9.86. The second-order valence-corrected chi connectivity index (χ2v) is 5.94. The van der Waals surface area contributed by atoms with E-state index in [1.807, 2.05) is 12.1 Å². The number of hydrogen-bond donors (Lipinski definition) is 3. The largest absolute Gasteiger partial charge is 0.481 e. The number of nitrogens with zero attached hydrogens (tertiary/aromatic N) is 4. The third kappa shape index (κ3) is 4.20. The van der Waals surface area contributed by atoms with E-state index in [0.717, 1.165) is 12.8 Å². The van der Waals surface area contributed by atoms with Gasteiger partial charge in [0.2, 0.25) is 5.95 Å². The second kappa shape index (κ2) is 7.57. The first-order chi connectivity index (χ1) is 12.2. The van der Waals surface area contributed by atoms with E-state index in [1.54, 1.807) is 12.3 Å². The van der Waals surface area contributed by atoms with Crippen LogP contribution in [0.4, 0.5) is 17.6 Å². The van der Waals surface area contributed by atoms with Crippen molar-refractivity contribution in [3.05, 3.63) is 36.2 Å². The third-order valence-electron chi connectivity index (χ3n) is 4.23. The van der Waals surface area contributed by atoms with Gasteiger partial charge in [0.25, 0.3) is 0 Å². The van der Waals surface area contributed by atoms with Crippen LogP contribution in [0.3, 0.4) is 0 Å². The van der Waals surface area contributed by atoms with Gasteiger partial charge in [0.1, 0.15) is 23.3 Å². The molecule has 0 amide bonds. The summed E-state index contributed by atoms with van der Waals surface area (Å²) in [4.78, 5) is 23.7. The lowest BCUT2D eigenvalue weighted by Gasteiger charge is -2.27. The summed E-state index contributed by atoms with van der Waals surface area (Å²) in [5.74, 6) is 0.398. The number of pyridine rings is 1. The number of aromatic nitrogens is 3. The molecule has 3 rings (SSSR count). The molecule has 128 valence electrons. The van der Waals surface area contributed by atoms with E-state index in [9.17, 15) is 10.1 Å². The number of carboxylic acid groups (broad SMARTS) is 1. The number of carbonyl (C=O) groups is 1. The Bertz CT molecular complexity index is 781. The predicted octanol–water partition coefficient (Wildman–Crippen LogP) is 2.54. The molecule has 3 N–H and O–H groups in total. The molecular weight excluding hydrogens is 320 g/mol. The van der Waals surface area contributed by atoms with Crippen LogP contribution in [0.1, 0.15) is 31.2 Å². The summed E-state index contributed by atoms with van der Waals surface area (Å²) in [6.07, 6.45) is 5.83. The van der Waals surface area contributed by atoms with E-state index in [1.165, 1.54) is 6.20 Å². The fourth-order valence-corrected chi connectivity index (χ4v) is 2.86. The summed E-state index contributed by atoms with van der Waals surface area (Å²) in [5.41, 5.74) is 0.354. The van der Waals surface area contributed by atoms with Gasteiger partial charge in [-0.2, -0.15) is 10.2 Å². The summed E-state index contributed by atoms with van der Waals surface area (Å²) in [6, 6.07) is 7.63. The maximum Gasteiger partial charge on any atom is 0.306 e. The Kier molecular flexibility index (Phi) is 5.04. The van der Waals surface area contributed by atoms with Crippen molar-refractivity contribution >= 4 is 23.6 Å². The zero-order chi connectivity index (χ0) is 17.6. The number of aliphatic carboxylic acids is 1. The smallest absolute Gasteiger partial charge is 0.306 e. The molecule has 8 heteroatoms. The van der Waals surface area contributed by atoms with Crippen LogP contribution < -0.4 is 10.6 Å². The van der Waals surface area contributed by atoms with Crippen molar-refractivity contribution in [3.8, 4) is 6.07 Å². The molecule has 2 aromatic rings. The Morgan fingerprint density at radius 3 is 2.68 bits per heavy atom. The quantitative estimate of drug-likeness (QED) is 0.760. The first kappa shape index (κ1) is 16.6. The molecule has 2 aromatic heterocycles. The highest BCUT2D eigenvalue weighted by atomic mass is 16.4. The van der Waals surface area contributed by atoms with E-state index < -0.39 is 5.97 Å². The van der Waals surface area contributed by atoms with Crippen LogP contribution >= 0.6 is 0 Å². The Labute approximate surface area is 145 Å². The van der Waals surface area contributed by atoms with Crippen molar-refractivity contribution in [3.63, 3.8) is 0 Å². The van der Waals surface area contributed by atoms with Crippen molar-refractivity contribution in [2.24, 2.45) is 5.92 Å². The van der Waals surface area contributed by atoms with Crippen LogP contribution in [0.15, 0.2) is 30.6 Å². The maximum absolute atomic E-state index is 11.0. The molecule has 8 nitrogen and oxygen atoms in total. The summed E-state index contributed by atoms with van der Waals surface area (Å²) < 4.78 is 0.